The van der Waals surface area contributed by atoms with E-state index in [1.54, 1.807) is 6.92 Å². The number of unbranched alkanes of at least 4 members (excludes halogenated alkanes) is 1. The average molecular weight is 419 g/mol. The number of ether oxygens (including phenoxy) is 2. The van der Waals surface area contributed by atoms with E-state index in [1.807, 2.05) is 24.4 Å². The maximum atomic E-state index is 11.8. The molecule has 1 aromatic heterocycles. The summed E-state index contributed by atoms with van der Waals surface area (Å²) in [7, 11) is 0. The van der Waals surface area contributed by atoms with Crippen LogP contribution in [0.1, 0.15) is 43.7 Å². The quantitative estimate of drug-likeness (QED) is 0.273. The molecule has 2 aromatic carbocycles. The number of rotatable bonds is 8. The summed E-state index contributed by atoms with van der Waals surface area (Å²) >= 11 is 0. The van der Waals surface area contributed by atoms with Crippen molar-refractivity contribution in [3.8, 4) is 5.75 Å². The molecule has 1 atom stereocenters. The number of aryl methyl sites for hydroxylation is 1. The van der Waals surface area contributed by atoms with Crippen molar-refractivity contribution in [2.45, 2.75) is 45.1 Å². The predicted octanol–water partition coefficient (Wildman–Crippen LogP) is 5.86. The van der Waals surface area contributed by atoms with Crippen molar-refractivity contribution in [1.29, 1.82) is 0 Å². The molecule has 1 aliphatic heterocycles. The van der Waals surface area contributed by atoms with Crippen LogP contribution in [0.2, 0.25) is 0 Å². The van der Waals surface area contributed by atoms with Gasteiger partial charge in [0.1, 0.15) is 5.75 Å². The van der Waals surface area contributed by atoms with Gasteiger partial charge in [-0.1, -0.05) is 48.9 Å². The fraction of sp³-hybridized carbons (Fsp3) is 0.346. The molecule has 0 radical (unpaired) electrons. The highest BCUT2D eigenvalue weighted by Gasteiger charge is 2.16. The lowest BCUT2D eigenvalue weighted by Crippen LogP contribution is -2.32. The van der Waals surface area contributed by atoms with E-state index in [4.69, 9.17) is 9.47 Å². The van der Waals surface area contributed by atoms with Crippen molar-refractivity contribution >= 4 is 22.6 Å². The first-order valence-electron chi connectivity index (χ1n) is 11.2. The zero-order chi connectivity index (χ0) is 21.5. The van der Waals surface area contributed by atoms with Gasteiger partial charge in [0.05, 0.1) is 6.61 Å². The Hall–Kier alpha value is -3.05. The molecule has 0 aliphatic carbocycles. The number of aromatic amines is 1. The van der Waals surface area contributed by atoms with Gasteiger partial charge in [-0.25, -0.2) is 4.79 Å². The first-order chi connectivity index (χ1) is 15.2. The lowest BCUT2D eigenvalue weighted by atomic mass is 9.92. The average Bonchev–Trinajstić information content (AvgIpc) is 3.22. The fourth-order valence-corrected chi connectivity index (χ4v) is 4.31. The minimum absolute atomic E-state index is 0.297. The molecule has 31 heavy (non-hydrogen) atoms. The van der Waals surface area contributed by atoms with Crippen LogP contribution in [-0.4, -0.2) is 30.3 Å². The monoisotopic (exact) mass is 418 g/mol. The standard InChI is InChI=1S/C26H30N2O3/c1-2-30-26(29)31-24-14-8-13-23-25(24)21(18-28-23)11-6-7-12-22-17-20(15-16-27-22)19-9-4-3-5-10-19/h3-5,8-10,13-15,18,22,27-28H,2,6-7,11-12,16-17H2,1H3. The van der Waals surface area contributed by atoms with E-state index in [2.05, 4.69) is 46.7 Å². The van der Waals surface area contributed by atoms with E-state index in [0.29, 0.717) is 18.4 Å². The van der Waals surface area contributed by atoms with Crippen LogP contribution >= 0.6 is 0 Å². The van der Waals surface area contributed by atoms with Gasteiger partial charge in [-0.15, -0.1) is 0 Å². The van der Waals surface area contributed by atoms with E-state index >= 15 is 0 Å². The first kappa shape index (κ1) is 21.2. The number of fused-ring (bicyclic) bond motifs is 1. The second-order valence-electron chi connectivity index (χ2n) is 7.93. The van der Waals surface area contributed by atoms with Crippen LogP contribution < -0.4 is 10.1 Å². The minimum Gasteiger partial charge on any atom is -0.434 e. The van der Waals surface area contributed by atoms with Gasteiger partial charge in [0.25, 0.3) is 0 Å². The number of H-pyrrole nitrogens is 1. The number of aromatic nitrogens is 1. The van der Waals surface area contributed by atoms with Crippen molar-refractivity contribution < 1.29 is 14.3 Å². The molecule has 5 nitrogen and oxygen atoms in total. The molecule has 0 saturated carbocycles. The van der Waals surface area contributed by atoms with Crippen molar-refractivity contribution in [1.82, 2.24) is 10.3 Å². The van der Waals surface area contributed by atoms with Crippen molar-refractivity contribution in [3.05, 3.63) is 71.9 Å². The molecule has 0 saturated heterocycles. The van der Waals surface area contributed by atoms with Crippen LogP contribution in [0.25, 0.3) is 16.5 Å². The van der Waals surface area contributed by atoms with Gasteiger partial charge in [-0.05, 0) is 61.4 Å². The highest BCUT2D eigenvalue weighted by atomic mass is 16.7. The van der Waals surface area contributed by atoms with Gasteiger partial charge in [-0.3, -0.25) is 0 Å². The molecule has 0 fully saturated rings. The van der Waals surface area contributed by atoms with Gasteiger partial charge >= 0.3 is 6.16 Å². The third-order valence-corrected chi connectivity index (χ3v) is 5.82. The van der Waals surface area contributed by atoms with Crippen molar-refractivity contribution in [2.75, 3.05) is 13.2 Å². The van der Waals surface area contributed by atoms with Crippen LogP contribution in [0.4, 0.5) is 4.79 Å². The van der Waals surface area contributed by atoms with Crippen molar-refractivity contribution in [3.63, 3.8) is 0 Å². The van der Waals surface area contributed by atoms with Crippen molar-refractivity contribution in [2.24, 2.45) is 0 Å². The van der Waals surface area contributed by atoms with Crippen LogP contribution in [0.3, 0.4) is 0 Å². The maximum Gasteiger partial charge on any atom is 0.513 e. The second kappa shape index (κ2) is 10.3. The van der Waals surface area contributed by atoms with Gasteiger partial charge in [0.15, 0.2) is 0 Å². The number of carbonyl (C=O) groups is 1. The Bertz CT molecular complexity index is 1040. The summed E-state index contributed by atoms with van der Waals surface area (Å²) in [6, 6.07) is 16.9. The van der Waals surface area contributed by atoms with E-state index in [0.717, 1.165) is 49.6 Å². The van der Waals surface area contributed by atoms with E-state index in [1.165, 1.54) is 16.7 Å². The van der Waals surface area contributed by atoms with Gasteiger partial charge in [0.2, 0.25) is 0 Å². The second-order valence-corrected chi connectivity index (χ2v) is 7.93. The minimum atomic E-state index is -0.659. The summed E-state index contributed by atoms with van der Waals surface area (Å²) in [5.74, 6) is 0.554. The highest BCUT2D eigenvalue weighted by Crippen LogP contribution is 2.30. The lowest BCUT2D eigenvalue weighted by molar-refractivity contribution is 0.105. The number of hydrogen-bond acceptors (Lipinski definition) is 4. The van der Waals surface area contributed by atoms with Crippen LogP contribution in [0, 0.1) is 0 Å². The van der Waals surface area contributed by atoms with E-state index in [9.17, 15) is 4.79 Å². The Morgan fingerprint density at radius 3 is 2.81 bits per heavy atom. The zero-order valence-electron chi connectivity index (χ0n) is 18.0. The molecule has 2 heterocycles. The Kier molecular flexibility index (Phi) is 7.05. The summed E-state index contributed by atoms with van der Waals surface area (Å²) in [4.78, 5) is 15.1. The maximum absolute atomic E-state index is 11.8. The SMILES string of the molecule is CCOC(=O)Oc1cccc2[nH]cc(CCCCC3CC(c4ccccc4)=CCN3)c12. The molecule has 1 aliphatic rings. The Balaban J connectivity index is 1.32. The Morgan fingerprint density at radius 2 is 1.97 bits per heavy atom. The highest BCUT2D eigenvalue weighted by molar-refractivity contribution is 5.90. The molecule has 2 N–H and O–H groups in total. The normalized spacial score (nSPS) is 16.2. The van der Waals surface area contributed by atoms with Gasteiger partial charge < -0.3 is 19.8 Å². The molecular weight excluding hydrogens is 388 g/mol. The largest absolute Gasteiger partial charge is 0.513 e. The molecule has 0 bridgehead atoms. The van der Waals surface area contributed by atoms with Crippen LogP contribution in [0.15, 0.2) is 60.8 Å². The molecule has 3 aromatic rings. The van der Waals surface area contributed by atoms with Crippen LogP contribution in [-0.2, 0) is 11.2 Å². The summed E-state index contributed by atoms with van der Waals surface area (Å²) < 4.78 is 10.4. The van der Waals surface area contributed by atoms with Gasteiger partial charge in [-0.2, -0.15) is 0 Å². The number of hydrogen-bond donors (Lipinski definition) is 2. The fourth-order valence-electron chi connectivity index (χ4n) is 4.31. The topological polar surface area (TPSA) is 63.4 Å². The predicted molar refractivity (Wildman–Crippen MR) is 124 cm³/mol. The summed E-state index contributed by atoms with van der Waals surface area (Å²) in [5.41, 5.74) is 4.93. The summed E-state index contributed by atoms with van der Waals surface area (Å²) in [6.45, 7) is 3.00. The molecule has 162 valence electrons. The van der Waals surface area contributed by atoms with E-state index < -0.39 is 6.16 Å². The molecule has 1 unspecified atom stereocenters. The smallest absolute Gasteiger partial charge is 0.434 e. The first-order valence-corrected chi connectivity index (χ1v) is 11.2. The van der Waals surface area contributed by atoms with Gasteiger partial charge in [0, 0.05) is 29.7 Å². The molecule has 0 spiro atoms. The lowest BCUT2D eigenvalue weighted by Gasteiger charge is -2.24. The number of nitrogens with one attached hydrogen (secondary N) is 2. The van der Waals surface area contributed by atoms with Crippen LogP contribution in [0.5, 0.6) is 5.75 Å². The number of carbonyl (C=O) groups excluding carboxylic acids is 1. The third-order valence-electron chi connectivity index (χ3n) is 5.82. The van der Waals surface area contributed by atoms with E-state index in [-0.39, 0.29) is 0 Å². The Morgan fingerprint density at radius 1 is 1.10 bits per heavy atom. The third kappa shape index (κ3) is 5.36. The zero-order valence-corrected chi connectivity index (χ0v) is 18.0. The molecule has 0 amide bonds. The number of benzene rings is 2. The Labute approximate surface area is 183 Å². The summed E-state index contributed by atoms with van der Waals surface area (Å²) in [6.07, 6.45) is 9.08. The molecule has 5 heteroatoms. The summed E-state index contributed by atoms with van der Waals surface area (Å²) in [5, 5.41) is 4.60. The molecule has 4 rings (SSSR count). The molecular formula is C26H30N2O3.